The molecule has 5 heteroatoms. The second-order valence-electron chi connectivity index (χ2n) is 5.86. The first-order valence-electron chi connectivity index (χ1n) is 7.30. The Morgan fingerprint density at radius 1 is 1.33 bits per heavy atom. The molecule has 2 rings (SSSR count). The fraction of sp³-hybridized carbons (Fsp3) is 0.562. The van der Waals surface area contributed by atoms with Gasteiger partial charge >= 0.3 is 0 Å². The number of halogens is 2. The van der Waals surface area contributed by atoms with Crippen LogP contribution in [0.25, 0.3) is 0 Å². The highest BCUT2D eigenvalue weighted by Crippen LogP contribution is 2.20. The van der Waals surface area contributed by atoms with Crippen LogP contribution < -0.4 is 0 Å². The van der Waals surface area contributed by atoms with Crippen LogP contribution in [0.2, 0.25) is 0 Å². The minimum atomic E-state index is -0.788. The molecule has 0 radical (unpaired) electrons. The van der Waals surface area contributed by atoms with E-state index < -0.39 is 17.7 Å². The molecule has 0 aromatic heterocycles. The van der Waals surface area contributed by atoms with Crippen molar-refractivity contribution in [2.24, 2.45) is 0 Å². The van der Waals surface area contributed by atoms with E-state index in [0.717, 1.165) is 38.1 Å². The summed E-state index contributed by atoms with van der Waals surface area (Å²) in [5, 5.41) is 0. The summed E-state index contributed by atoms with van der Waals surface area (Å²) in [5.74, 6) is -1.75. The quantitative estimate of drug-likeness (QED) is 0.798. The number of benzene rings is 1. The molecule has 3 nitrogen and oxygen atoms in total. The summed E-state index contributed by atoms with van der Waals surface area (Å²) in [6.45, 7) is 3.78. The van der Waals surface area contributed by atoms with Crippen molar-refractivity contribution in [3.8, 4) is 0 Å². The van der Waals surface area contributed by atoms with Gasteiger partial charge in [-0.3, -0.25) is 9.69 Å². The maximum atomic E-state index is 13.7. The smallest absolute Gasteiger partial charge is 0.182 e. The molecule has 116 valence electrons. The van der Waals surface area contributed by atoms with Crippen molar-refractivity contribution in [2.45, 2.75) is 31.8 Å². The molecule has 1 aromatic rings. The van der Waals surface area contributed by atoms with Gasteiger partial charge in [-0.05, 0) is 59.1 Å². The first-order valence-corrected chi connectivity index (χ1v) is 7.30. The second kappa shape index (κ2) is 6.62. The van der Waals surface area contributed by atoms with Crippen molar-refractivity contribution in [1.29, 1.82) is 0 Å². The molecule has 0 saturated carbocycles. The van der Waals surface area contributed by atoms with Crippen LogP contribution in [-0.4, -0.2) is 54.9 Å². The summed E-state index contributed by atoms with van der Waals surface area (Å²) in [6.07, 6.45) is 1.99. The van der Waals surface area contributed by atoms with Crippen molar-refractivity contribution in [3.05, 3.63) is 35.4 Å². The zero-order chi connectivity index (χ0) is 15.6. The Labute approximate surface area is 124 Å². The van der Waals surface area contributed by atoms with Crippen LogP contribution in [0.15, 0.2) is 18.2 Å². The number of carbonyl (C=O) groups excluding carboxylic acids is 1. The summed E-state index contributed by atoms with van der Waals surface area (Å²) >= 11 is 0. The van der Waals surface area contributed by atoms with Gasteiger partial charge in [-0.2, -0.15) is 0 Å². The minimum Gasteiger partial charge on any atom is -0.306 e. The van der Waals surface area contributed by atoms with Crippen LogP contribution in [0.1, 0.15) is 30.1 Å². The van der Waals surface area contributed by atoms with Crippen molar-refractivity contribution < 1.29 is 13.6 Å². The van der Waals surface area contributed by atoms with Crippen LogP contribution in [0.5, 0.6) is 0 Å². The van der Waals surface area contributed by atoms with E-state index in [-0.39, 0.29) is 11.3 Å². The summed E-state index contributed by atoms with van der Waals surface area (Å²) in [7, 11) is 3.98. The van der Waals surface area contributed by atoms with E-state index in [9.17, 15) is 13.6 Å². The number of carbonyl (C=O) groups is 1. The normalized spacial score (nSPS) is 19.0. The Morgan fingerprint density at radius 3 is 2.52 bits per heavy atom. The molecule has 21 heavy (non-hydrogen) atoms. The second-order valence-corrected chi connectivity index (χ2v) is 5.86. The Balaban J connectivity index is 2.07. The SMILES string of the molecule is CC(C(=O)c1ccc(F)cc1F)N(C)C1CCN(C)CC1. The summed E-state index contributed by atoms with van der Waals surface area (Å²) in [4.78, 5) is 16.7. The molecule has 0 bridgehead atoms. The largest absolute Gasteiger partial charge is 0.306 e. The molecule has 1 aliphatic heterocycles. The predicted octanol–water partition coefficient (Wildman–Crippen LogP) is 2.56. The van der Waals surface area contributed by atoms with E-state index in [1.165, 1.54) is 6.07 Å². The van der Waals surface area contributed by atoms with Crippen molar-refractivity contribution in [1.82, 2.24) is 9.80 Å². The third-order valence-electron chi connectivity index (χ3n) is 4.45. The van der Waals surface area contributed by atoms with Gasteiger partial charge in [0.25, 0.3) is 0 Å². The molecule has 1 saturated heterocycles. The molecular formula is C16H22F2N2O. The minimum absolute atomic E-state index is 0.0383. The van der Waals surface area contributed by atoms with Crippen LogP contribution in [0.3, 0.4) is 0 Å². The standard InChI is InChI=1S/C16H22F2N2O/c1-11(20(3)13-6-8-19(2)9-7-13)16(21)14-5-4-12(17)10-15(14)18/h4-5,10-11,13H,6-9H2,1-3H3. The lowest BCUT2D eigenvalue weighted by atomic mass is 9.98. The van der Waals surface area contributed by atoms with E-state index in [1.807, 2.05) is 11.9 Å². The van der Waals surface area contributed by atoms with Crippen molar-refractivity contribution >= 4 is 5.78 Å². The van der Waals surface area contributed by atoms with E-state index >= 15 is 0 Å². The number of likely N-dealkylation sites (tertiary alicyclic amines) is 1. The predicted molar refractivity (Wildman–Crippen MR) is 78.4 cm³/mol. The van der Waals surface area contributed by atoms with E-state index in [1.54, 1.807) is 6.92 Å². The molecular weight excluding hydrogens is 274 g/mol. The fourth-order valence-electron chi connectivity index (χ4n) is 2.82. The average Bonchev–Trinajstić information content (AvgIpc) is 2.46. The van der Waals surface area contributed by atoms with Gasteiger partial charge in [-0.15, -0.1) is 0 Å². The number of hydrogen-bond acceptors (Lipinski definition) is 3. The lowest BCUT2D eigenvalue weighted by Crippen LogP contribution is -2.48. The van der Waals surface area contributed by atoms with Crippen molar-refractivity contribution in [2.75, 3.05) is 27.2 Å². The molecule has 0 spiro atoms. The van der Waals surface area contributed by atoms with Crippen LogP contribution in [-0.2, 0) is 0 Å². The molecule has 1 unspecified atom stereocenters. The molecule has 1 atom stereocenters. The molecule has 1 heterocycles. The Hall–Kier alpha value is -1.33. The van der Waals surface area contributed by atoms with Gasteiger partial charge in [-0.25, -0.2) is 8.78 Å². The third-order valence-corrected chi connectivity index (χ3v) is 4.45. The highest BCUT2D eigenvalue weighted by Gasteiger charge is 2.29. The number of hydrogen-bond donors (Lipinski definition) is 0. The van der Waals surface area contributed by atoms with Gasteiger partial charge < -0.3 is 4.90 Å². The molecule has 0 aliphatic carbocycles. The van der Waals surface area contributed by atoms with E-state index in [2.05, 4.69) is 11.9 Å². The number of likely N-dealkylation sites (N-methyl/N-ethyl adjacent to an activating group) is 1. The Morgan fingerprint density at radius 2 is 1.95 bits per heavy atom. The van der Waals surface area contributed by atoms with Gasteiger partial charge in [0.1, 0.15) is 11.6 Å². The van der Waals surface area contributed by atoms with E-state index in [0.29, 0.717) is 6.04 Å². The van der Waals surface area contributed by atoms with E-state index in [4.69, 9.17) is 0 Å². The van der Waals surface area contributed by atoms with Gasteiger partial charge in [0.2, 0.25) is 0 Å². The highest BCUT2D eigenvalue weighted by molar-refractivity contribution is 6.00. The first kappa shape index (κ1) is 16.0. The molecule has 1 fully saturated rings. The average molecular weight is 296 g/mol. The number of Topliss-reactive ketones (excluding diaryl/α,β-unsaturated/α-hetero) is 1. The molecule has 0 N–H and O–H groups in total. The third kappa shape index (κ3) is 3.66. The fourth-order valence-corrected chi connectivity index (χ4v) is 2.82. The topological polar surface area (TPSA) is 23.6 Å². The first-order chi connectivity index (χ1) is 9.90. The van der Waals surface area contributed by atoms with Crippen molar-refractivity contribution in [3.63, 3.8) is 0 Å². The van der Waals surface area contributed by atoms with Crippen LogP contribution >= 0.6 is 0 Å². The lowest BCUT2D eigenvalue weighted by Gasteiger charge is -2.37. The summed E-state index contributed by atoms with van der Waals surface area (Å²) in [6, 6.07) is 3.02. The Kier molecular flexibility index (Phi) is 5.06. The Bertz CT molecular complexity index is 513. The van der Waals surface area contributed by atoms with Gasteiger partial charge in [0, 0.05) is 12.1 Å². The van der Waals surface area contributed by atoms with Crippen LogP contribution in [0.4, 0.5) is 8.78 Å². The summed E-state index contributed by atoms with van der Waals surface area (Å²) in [5.41, 5.74) is -0.0383. The number of rotatable bonds is 4. The van der Waals surface area contributed by atoms with Gasteiger partial charge in [0.15, 0.2) is 5.78 Å². The maximum Gasteiger partial charge on any atom is 0.182 e. The van der Waals surface area contributed by atoms with Gasteiger partial charge in [0.05, 0.1) is 11.6 Å². The monoisotopic (exact) mass is 296 g/mol. The summed E-state index contributed by atoms with van der Waals surface area (Å²) < 4.78 is 26.7. The number of nitrogens with zero attached hydrogens (tertiary/aromatic N) is 2. The number of piperidine rings is 1. The highest BCUT2D eigenvalue weighted by atomic mass is 19.1. The number of ketones is 1. The lowest BCUT2D eigenvalue weighted by molar-refractivity contribution is 0.0727. The molecule has 0 amide bonds. The zero-order valence-electron chi connectivity index (χ0n) is 12.8. The molecule has 1 aromatic carbocycles. The zero-order valence-corrected chi connectivity index (χ0v) is 12.8. The van der Waals surface area contributed by atoms with Crippen LogP contribution in [0, 0.1) is 11.6 Å². The molecule has 1 aliphatic rings. The van der Waals surface area contributed by atoms with Gasteiger partial charge in [-0.1, -0.05) is 0 Å². The maximum absolute atomic E-state index is 13.7.